The van der Waals surface area contributed by atoms with Gasteiger partial charge < -0.3 is 10.2 Å². The molecular formula is C20H23ClN4S3. The second kappa shape index (κ2) is 10.5. The first-order chi connectivity index (χ1) is 13.5. The Hall–Kier alpha value is -1.25. The van der Waals surface area contributed by atoms with Crippen molar-refractivity contribution in [2.75, 3.05) is 31.7 Å². The van der Waals surface area contributed by atoms with E-state index in [9.17, 15) is 0 Å². The van der Waals surface area contributed by atoms with Crippen molar-refractivity contribution < 1.29 is 0 Å². The maximum absolute atomic E-state index is 6.38. The standard InChI is InChI=1S/C20H23ClN4S3/c1-14-13-27-20(23-14)24-19-18(28-17-8-5-4-7-16(17)21)11-15(12-22-19)26-10-6-9-25(2)3/h4-5,7-8,11-13H,6,9-10H2,1-3H3,(H,22,23,24). The molecule has 0 atom stereocenters. The van der Waals surface area contributed by atoms with Crippen LogP contribution in [0.4, 0.5) is 10.9 Å². The molecule has 2 heterocycles. The molecule has 0 bridgehead atoms. The fourth-order valence-corrected chi connectivity index (χ4v) is 5.19. The minimum absolute atomic E-state index is 0.743. The number of halogens is 1. The summed E-state index contributed by atoms with van der Waals surface area (Å²) >= 11 is 11.4. The first-order valence-corrected chi connectivity index (χ1v) is 12.0. The van der Waals surface area contributed by atoms with Crippen molar-refractivity contribution in [3.8, 4) is 0 Å². The lowest BCUT2D eigenvalue weighted by molar-refractivity contribution is 0.410. The van der Waals surface area contributed by atoms with E-state index in [0.717, 1.165) is 55.1 Å². The van der Waals surface area contributed by atoms with Crippen molar-refractivity contribution in [3.63, 3.8) is 0 Å². The number of benzene rings is 1. The van der Waals surface area contributed by atoms with Gasteiger partial charge in [0, 0.05) is 21.4 Å². The lowest BCUT2D eigenvalue weighted by Gasteiger charge is -2.12. The van der Waals surface area contributed by atoms with E-state index < -0.39 is 0 Å². The molecule has 0 aliphatic carbocycles. The van der Waals surface area contributed by atoms with E-state index in [1.807, 2.05) is 54.5 Å². The van der Waals surface area contributed by atoms with Gasteiger partial charge in [-0.3, -0.25) is 0 Å². The van der Waals surface area contributed by atoms with Crippen LogP contribution >= 0.6 is 46.5 Å². The summed E-state index contributed by atoms with van der Waals surface area (Å²) in [7, 11) is 4.21. The van der Waals surface area contributed by atoms with Crippen LogP contribution in [0.5, 0.6) is 0 Å². The van der Waals surface area contributed by atoms with Crippen molar-refractivity contribution in [2.45, 2.75) is 28.0 Å². The number of aryl methyl sites for hydroxylation is 1. The lowest BCUT2D eigenvalue weighted by Crippen LogP contribution is -2.13. The number of hydrogen-bond donors (Lipinski definition) is 1. The summed E-state index contributed by atoms with van der Waals surface area (Å²) in [5, 5.41) is 6.97. The molecule has 148 valence electrons. The third-order valence-corrected chi connectivity index (χ3v) is 7.22. The van der Waals surface area contributed by atoms with Crippen LogP contribution in [0.2, 0.25) is 5.02 Å². The monoisotopic (exact) mass is 450 g/mol. The Morgan fingerprint density at radius 1 is 1.21 bits per heavy atom. The zero-order chi connectivity index (χ0) is 19.9. The average Bonchev–Trinajstić information content (AvgIpc) is 3.07. The van der Waals surface area contributed by atoms with Crippen LogP contribution in [-0.2, 0) is 0 Å². The van der Waals surface area contributed by atoms with E-state index in [4.69, 9.17) is 11.6 Å². The molecule has 0 aliphatic rings. The van der Waals surface area contributed by atoms with E-state index in [0.29, 0.717) is 0 Å². The number of nitrogens with one attached hydrogen (secondary N) is 1. The summed E-state index contributed by atoms with van der Waals surface area (Å²) in [5.41, 5.74) is 1.00. The van der Waals surface area contributed by atoms with Crippen LogP contribution < -0.4 is 5.32 Å². The molecule has 3 aromatic rings. The van der Waals surface area contributed by atoms with Crippen LogP contribution in [0.1, 0.15) is 12.1 Å². The number of hydrogen-bond acceptors (Lipinski definition) is 7. The normalized spacial score (nSPS) is 11.2. The summed E-state index contributed by atoms with van der Waals surface area (Å²) in [6.45, 7) is 3.08. The highest BCUT2D eigenvalue weighted by Crippen LogP contribution is 2.39. The van der Waals surface area contributed by atoms with Gasteiger partial charge in [-0.15, -0.1) is 23.1 Å². The molecule has 3 rings (SSSR count). The summed E-state index contributed by atoms with van der Waals surface area (Å²) in [4.78, 5) is 14.6. The number of anilines is 2. The molecule has 1 aromatic carbocycles. The zero-order valence-corrected chi connectivity index (χ0v) is 19.3. The number of rotatable bonds is 9. The van der Waals surface area contributed by atoms with Crippen LogP contribution in [0, 0.1) is 6.92 Å². The summed E-state index contributed by atoms with van der Waals surface area (Å²) in [5.74, 6) is 1.87. The maximum atomic E-state index is 6.38. The van der Waals surface area contributed by atoms with E-state index in [-0.39, 0.29) is 0 Å². The lowest BCUT2D eigenvalue weighted by atomic mass is 10.4. The summed E-state index contributed by atoms with van der Waals surface area (Å²) in [6, 6.07) is 10.1. The predicted octanol–water partition coefficient (Wildman–Crippen LogP) is 6.44. The first-order valence-electron chi connectivity index (χ1n) is 8.90. The van der Waals surface area contributed by atoms with Gasteiger partial charge in [-0.2, -0.15) is 0 Å². The Balaban J connectivity index is 1.80. The van der Waals surface area contributed by atoms with Crippen LogP contribution in [-0.4, -0.2) is 41.3 Å². The molecule has 2 aromatic heterocycles. The van der Waals surface area contributed by atoms with Crippen molar-refractivity contribution in [3.05, 3.63) is 52.6 Å². The molecule has 0 spiro atoms. The third kappa shape index (κ3) is 6.39. The second-order valence-electron chi connectivity index (χ2n) is 6.47. The van der Waals surface area contributed by atoms with Gasteiger partial charge in [-0.05, 0) is 57.9 Å². The topological polar surface area (TPSA) is 41.1 Å². The fourth-order valence-electron chi connectivity index (χ4n) is 2.41. The maximum Gasteiger partial charge on any atom is 0.188 e. The number of aromatic nitrogens is 2. The van der Waals surface area contributed by atoms with Gasteiger partial charge in [0.05, 0.1) is 15.6 Å². The predicted molar refractivity (Wildman–Crippen MR) is 124 cm³/mol. The van der Waals surface area contributed by atoms with Crippen molar-refractivity contribution >= 4 is 57.4 Å². The Labute approximate surface area is 184 Å². The molecule has 0 unspecified atom stereocenters. The number of nitrogens with zero attached hydrogens (tertiary/aromatic N) is 3. The minimum Gasteiger partial charge on any atom is -0.315 e. The molecule has 0 fully saturated rings. The summed E-state index contributed by atoms with van der Waals surface area (Å²) in [6.07, 6.45) is 3.07. The first kappa shape index (κ1) is 21.5. The molecule has 0 saturated carbocycles. The Morgan fingerprint density at radius 2 is 2.04 bits per heavy atom. The van der Waals surface area contributed by atoms with Gasteiger partial charge >= 0.3 is 0 Å². The quantitative estimate of drug-likeness (QED) is 0.299. The van der Waals surface area contributed by atoms with Crippen LogP contribution in [0.15, 0.2) is 56.6 Å². The number of pyridine rings is 1. The van der Waals surface area contributed by atoms with E-state index in [1.54, 1.807) is 23.1 Å². The number of thioether (sulfide) groups is 1. The molecule has 0 amide bonds. The third-order valence-electron chi connectivity index (χ3n) is 3.75. The Bertz CT molecular complexity index is 914. The van der Waals surface area contributed by atoms with Crippen molar-refractivity contribution in [1.82, 2.24) is 14.9 Å². The van der Waals surface area contributed by atoms with Gasteiger partial charge in [0.15, 0.2) is 5.13 Å². The highest BCUT2D eigenvalue weighted by molar-refractivity contribution is 8.00. The molecule has 28 heavy (non-hydrogen) atoms. The molecule has 0 saturated heterocycles. The second-order valence-corrected chi connectivity index (χ2v) is 9.99. The minimum atomic E-state index is 0.743. The van der Waals surface area contributed by atoms with Crippen molar-refractivity contribution in [2.24, 2.45) is 0 Å². The Morgan fingerprint density at radius 3 is 2.75 bits per heavy atom. The molecule has 0 aliphatic heterocycles. The van der Waals surface area contributed by atoms with Gasteiger partial charge in [-0.1, -0.05) is 35.5 Å². The van der Waals surface area contributed by atoms with Crippen LogP contribution in [0.25, 0.3) is 0 Å². The SMILES string of the molecule is Cc1csc(Nc2ncc(SCCCN(C)C)cc2Sc2ccccc2Cl)n1. The molecule has 0 radical (unpaired) electrons. The molecular weight excluding hydrogens is 428 g/mol. The Kier molecular flexibility index (Phi) is 8.05. The zero-order valence-electron chi connectivity index (χ0n) is 16.1. The van der Waals surface area contributed by atoms with Gasteiger partial charge in [-0.25, -0.2) is 9.97 Å². The van der Waals surface area contributed by atoms with E-state index >= 15 is 0 Å². The molecule has 1 N–H and O–H groups in total. The van der Waals surface area contributed by atoms with Crippen LogP contribution in [0.3, 0.4) is 0 Å². The molecule has 8 heteroatoms. The average molecular weight is 451 g/mol. The smallest absolute Gasteiger partial charge is 0.188 e. The number of thiazole rings is 1. The van der Waals surface area contributed by atoms with E-state index in [2.05, 4.69) is 40.3 Å². The highest BCUT2D eigenvalue weighted by atomic mass is 35.5. The van der Waals surface area contributed by atoms with Gasteiger partial charge in [0.2, 0.25) is 0 Å². The van der Waals surface area contributed by atoms with Gasteiger partial charge in [0.1, 0.15) is 5.82 Å². The van der Waals surface area contributed by atoms with Gasteiger partial charge in [0.25, 0.3) is 0 Å². The highest BCUT2D eigenvalue weighted by Gasteiger charge is 2.12. The largest absolute Gasteiger partial charge is 0.315 e. The molecule has 4 nitrogen and oxygen atoms in total. The summed E-state index contributed by atoms with van der Waals surface area (Å²) < 4.78 is 0. The van der Waals surface area contributed by atoms with E-state index in [1.165, 1.54) is 0 Å². The van der Waals surface area contributed by atoms with Crippen molar-refractivity contribution in [1.29, 1.82) is 0 Å². The fraction of sp³-hybridized carbons (Fsp3) is 0.300.